The van der Waals surface area contributed by atoms with E-state index in [1.165, 1.54) is 0 Å². The molecule has 162 valence electrons. The second-order valence-corrected chi connectivity index (χ2v) is 8.19. The van der Waals surface area contributed by atoms with E-state index in [0.717, 1.165) is 76.4 Å². The van der Waals surface area contributed by atoms with Crippen LogP contribution < -0.4 is 0 Å². The predicted octanol–water partition coefficient (Wildman–Crippen LogP) is 0.707. The van der Waals surface area contributed by atoms with E-state index in [2.05, 4.69) is 64.5 Å². The lowest BCUT2D eigenvalue weighted by molar-refractivity contribution is 0.202. The van der Waals surface area contributed by atoms with E-state index >= 15 is 0 Å². The van der Waals surface area contributed by atoms with Crippen molar-refractivity contribution in [3.05, 3.63) is 54.7 Å². The van der Waals surface area contributed by atoms with E-state index in [9.17, 15) is 0 Å². The Morgan fingerprint density at radius 3 is 1.00 bits per heavy atom. The number of rotatable bonds is 6. The summed E-state index contributed by atoms with van der Waals surface area (Å²) in [4.78, 5) is 21.2. The van der Waals surface area contributed by atoms with Gasteiger partial charge in [-0.1, -0.05) is 0 Å². The third-order valence-electron chi connectivity index (χ3n) is 6.06. The van der Waals surface area contributed by atoms with Crippen molar-refractivity contribution in [1.29, 1.82) is 0 Å². The molecule has 9 heteroatoms. The Hall–Kier alpha value is -2.49. The van der Waals surface area contributed by atoms with Gasteiger partial charge >= 0.3 is 0 Å². The quantitative estimate of drug-likeness (QED) is 0.595. The average Bonchev–Trinajstić information content (AvgIpc) is 3.44. The second kappa shape index (κ2) is 9.55. The Balaban J connectivity index is 1.47. The van der Waals surface area contributed by atoms with Gasteiger partial charge in [0.15, 0.2) is 0 Å². The number of nitrogens with zero attached hydrogens (tertiary/aromatic N) is 9. The monoisotopic (exact) mass is 411 g/mol. The molecule has 0 radical (unpaired) electrons. The molecule has 0 aliphatic carbocycles. The number of hydrogen-bond acceptors (Lipinski definition) is 6. The van der Waals surface area contributed by atoms with Crippen LogP contribution in [0, 0.1) is 0 Å². The van der Waals surface area contributed by atoms with Gasteiger partial charge in [0.2, 0.25) is 0 Å². The number of imidazole rings is 3. The fourth-order valence-electron chi connectivity index (χ4n) is 3.90. The third kappa shape index (κ3) is 5.16. The highest BCUT2D eigenvalue weighted by atomic mass is 15.3. The van der Waals surface area contributed by atoms with Crippen molar-refractivity contribution in [1.82, 2.24) is 43.4 Å². The van der Waals surface area contributed by atoms with Crippen molar-refractivity contribution in [3.8, 4) is 0 Å². The molecule has 1 saturated heterocycles. The van der Waals surface area contributed by atoms with E-state index in [-0.39, 0.29) is 0 Å². The van der Waals surface area contributed by atoms with Crippen molar-refractivity contribution >= 4 is 0 Å². The van der Waals surface area contributed by atoms with Crippen LogP contribution in [0.3, 0.4) is 0 Å². The fraction of sp³-hybridized carbons (Fsp3) is 0.571. The van der Waals surface area contributed by atoms with Gasteiger partial charge in [0, 0.05) is 97.6 Å². The minimum Gasteiger partial charge on any atom is -0.337 e. The van der Waals surface area contributed by atoms with Crippen LogP contribution in [0.15, 0.2) is 37.2 Å². The molecular weight excluding hydrogens is 378 g/mol. The van der Waals surface area contributed by atoms with Crippen molar-refractivity contribution in [2.24, 2.45) is 21.1 Å². The summed E-state index contributed by atoms with van der Waals surface area (Å²) < 4.78 is 6.35. The summed E-state index contributed by atoms with van der Waals surface area (Å²) in [7, 11) is 6.21. The molecule has 0 atom stereocenters. The first-order chi connectivity index (χ1) is 14.6. The number of hydrogen-bond donors (Lipinski definition) is 0. The molecule has 1 aliphatic rings. The topological polar surface area (TPSA) is 63.2 Å². The molecule has 0 spiro atoms. The van der Waals surface area contributed by atoms with Gasteiger partial charge in [-0.3, -0.25) is 14.7 Å². The summed E-state index contributed by atoms with van der Waals surface area (Å²) >= 11 is 0. The molecular formula is C21H33N9. The Morgan fingerprint density at radius 1 is 0.533 bits per heavy atom. The lowest BCUT2D eigenvalue weighted by atomic mass is 10.4. The first-order valence-electron chi connectivity index (χ1n) is 10.6. The highest BCUT2D eigenvalue weighted by molar-refractivity contribution is 4.94. The van der Waals surface area contributed by atoms with Crippen molar-refractivity contribution < 1.29 is 0 Å². The number of aromatic nitrogens is 6. The molecule has 1 aliphatic heterocycles. The van der Waals surface area contributed by atoms with E-state index in [0.29, 0.717) is 0 Å². The van der Waals surface area contributed by atoms with Gasteiger partial charge in [0.1, 0.15) is 17.5 Å². The van der Waals surface area contributed by atoms with Crippen LogP contribution >= 0.6 is 0 Å². The second-order valence-electron chi connectivity index (χ2n) is 8.19. The van der Waals surface area contributed by atoms with Gasteiger partial charge in [-0.15, -0.1) is 0 Å². The molecule has 30 heavy (non-hydrogen) atoms. The molecule has 0 unspecified atom stereocenters. The summed E-state index contributed by atoms with van der Waals surface area (Å²) in [5.74, 6) is 3.33. The van der Waals surface area contributed by atoms with Crippen LogP contribution in [0.5, 0.6) is 0 Å². The number of aryl methyl sites for hydroxylation is 3. The smallest absolute Gasteiger partial charge is 0.122 e. The maximum Gasteiger partial charge on any atom is 0.122 e. The van der Waals surface area contributed by atoms with Crippen LogP contribution in [0.25, 0.3) is 0 Å². The summed E-state index contributed by atoms with van der Waals surface area (Å²) in [6, 6.07) is 0. The van der Waals surface area contributed by atoms with Gasteiger partial charge in [-0.25, -0.2) is 15.0 Å². The van der Waals surface area contributed by atoms with Crippen molar-refractivity contribution in [2.75, 3.05) is 39.3 Å². The van der Waals surface area contributed by atoms with Crippen LogP contribution in [0.2, 0.25) is 0 Å². The molecule has 3 aromatic heterocycles. The maximum atomic E-state index is 4.54. The standard InChI is InChI=1S/C21H33N9/c1-25-7-4-22-19(25)16-28-10-12-29(17-20-23-5-8-26(20)2)14-15-30(13-11-28)18-21-24-6-9-27(21)3/h4-9H,10-18H2,1-3H3. The fourth-order valence-corrected chi connectivity index (χ4v) is 3.90. The van der Waals surface area contributed by atoms with E-state index in [1.807, 2.05) is 37.2 Å². The SMILES string of the molecule is Cn1ccnc1CN1CCN(Cc2nccn2C)CCN(Cc2nccn2C)CC1. The third-order valence-corrected chi connectivity index (χ3v) is 6.06. The molecule has 0 N–H and O–H groups in total. The minimum atomic E-state index is 0.871. The summed E-state index contributed by atoms with van der Waals surface area (Å²) in [6.07, 6.45) is 11.7. The molecule has 4 heterocycles. The van der Waals surface area contributed by atoms with Crippen LogP contribution in [0.4, 0.5) is 0 Å². The molecule has 4 rings (SSSR count). The van der Waals surface area contributed by atoms with E-state index < -0.39 is 0 Å². The highest BCUT2D eigenvalue weighted by Gasteiger charge is 2.19. The molecule has 1 fully saturated rings. The summed E-state index contributed by atoms with van der Waals surface area (Å²) in [5, 5.41) is 0. The lowest BCUT2D eigenvalue weighted by Gasteiger charge is -2.25. The van der Waals surface area contributed by atoms with Crippen molar-refractivity contribution in [2.45, 2.75) is 19.6 Å². The van der Waals surface area contributed by atoms with Crippen molar-refractivity contribution in [3.63, 3.8) is 0 Å². The zero-order valence-corrected chi connectivity index (χ0v) is 18.4. The molecule has 9 nitrogen and oxygen atoms in total. The largest absolute Gasteiger partial charge is 0.337 e. The van der Waals surface area contributed by atoms with E-state index in [1.54, 1.807) is 0 Å². The first kappa shape index (κ1) is 20.8. The Kier molecular flexibility index (Phi) is 6.61. The Labute approximate surface area is 178 Å². The van der Waals surface area contributed by atoms with Gasteiger partial charge in [-0.05, 0) is 0 Å². The Morgan fingerprint density at radius 2 is 0.800 bits per heavy atom. The maximum absolute atomic E-state index is 4.54. The predicted molar refractivity (Wildman–Crippen MR) is 115 cm³/mol. The van der Waals surface area contributed by atoms with Crippen LogP contribution in [-0.4, -0.2) is 82.6 Å². The van der Waals surface area contributed by atoms with Crippen LogP contribution in [0.1, 0.15) is 17.5 Å². The highest BCUT2D eigenvalue weighted by Crippen LogP contribution is 2.10. The zero-order valence-electron chi connectivity index (χ0n) is 18.4. The zero-order chi connectivity index (χ0) is 20.9. The first-order valence-corrected chi connectivity index (χ1v) is 10.6. The molecule has 3 aromatic rings. The average molecular weight is 412 g/mol. The Bertz CT molecular complexity index is 793. The summed E-state index contributed by atoms with van der Waals surface area (Å²) in [6.45, 7) is 8.74. The lowest BCUT2D eigenvalue weighted by Crippen LogP contribution is -2.36. The van der Waals surface area contributed by atoms with Gasteiger partial charge in [0.05, 0.1) is 19.6 Å². The normalized spacial score (nSPS) is 17.7. The van der Waals surface area contributed by atoms with E-state index in [4.69, 9.17) is 0 Å². The molecule has 0 aromatic carbocycles. The van der Waals surface area contributed by atoms with Crippen LogP contribution in [-0.2, 0) is 40.8 Å². The molecule has 0 saturated carbocycles. The van der Waals surface area contributed by atoms with Gasteiger partial charge in [0.25, 0.3) is 0 Å². The minimum absolute atomic E-state index is 0.871. The van der Waals surface area contributed by atoms with Gasteiger partial charge in [-0.2, -0.15) is 0 Å². The molecule has 0 bridgehead atoms. The van der Waals surface area contributed by atoms with Gasteiger partial charge < -0.3 is 13.7 Å². The summed E-state index contributed by atoms with van der Waals surface area (Å²) in [5.41, 5.74) is 0. The molecule has 0 amide bonds.